The summed E-state index contributed by atoms with van der Waals surface area (Å²) in [7, 11) is 1.36. The first kappa shape index (κ1) is 24.5. The largest absolute Gasteiger partial charge is 0.311 e. The predicted molar refractivity (Wildman–Crippen MR) is 108 cm³/mol. The third-order valence-corrected chi connectivity index (χ3v) is 4.02. The first-order valence-corrected chi connectivity index (χ1v) is 9.58. The number of nitrogens with one attached hydrogen (secondary N) is 1. The highest BCUT2D eigenvalue weighted by atomic mass is 16.7. The van der Waals surface area contributed by atoms with E-state index in [2.05, 4.69) is 10.3 Å². The first-order valence-electron chi connectivity index (χ1n) is 9.58. The SMILES string of the molecule is CON(CC(C)(C)CC(=O)Nc1ccccn1)C(=O)CCC(=O)N(O)CC(C)C. The van der Waals surface area contributed by atoms with Crippen molar-refractivity contribution in [1.29, 1.82) is 0 Å². The van der Waals surface area contributed by atoms with Crippen LogP contribution in [0.25, 0.3) is 0 Å². The molecule has 0 radical (unpaired) electrons. The molecule has 0 aliphatic heterocycles. The van der Waals surface area contributed by atoms with E-state index in [0.717, 1.165) is 5.06 Å². The van der Waals surface area contributed by atoms with E-state index in [1.165, 1.54) is 7.11 Å². The molecule has 0 fully saturated rings. The molecular formula is C20H32N4O5. The number of amides is 3. The molecule has 9 nitrogen and oxygen atoms in total. The van der Waals surface area contributed by atoms with Gasteiger partial charge in [-0.3, -0.25) is 24.4 Å². The Morgan fingerprint density at radius 3 is 2.41 bits per heavy atom. The number of carbonyl (C=O) groups excluding carboxylic acids is 3. The quantitative estimate of drug-likeness (QED) is 0.430. The van der Waals surface area contributed by atoms with Gasteiger partial charge in [-0.05, 0) is 23.5 Å². The highest BCUT2D eigenvalue weighted by Gasteiger charge is 2.28. The van der Waals surface area contributed by atoms with Crippen molar-refractivity contribution in [2.24, 2.45) is 11.3 Å². The molecule has 0 saturated heterocycles. The Labute approximate surface area is 171 Å². The zero-order valence-electron chi connectivity index (χ0n) is 17.8. The number of pyridine rings is 1. The molecule has 0 saturated carbocycles. The van der Waals surface area contributed by atoms with Gasteiger partial charge in [0.15, 0.2) is 0 Å². The van der Waals surface area contributed by atoms with E-state index in [9.17, 15) is 19.6 Å². The third kappa shape index (κ3) is 9.49. The average molecular weight is 408 g/mol. The lowest BCUT2D eigenvalue weighted by molar-refractivity contribution is -0.185. The molecule has 1 aromatic heterocycles. The van der Waals surface area contributed by atoms with E-state index in [4.69, 9.17) is 4.84 Å². The molecule has 3 amide bonds. The number of hydrogen-bond acceptors (Lipinski definition) is 6. The number of rotatable bonds is 11. The van der Waals surface area contributed by atoms with Gasteiger partial charge in [-0.2, -0.15) is 0 Å². The van der Waals surface area contributed by atoms with E-state index in [1.807, 2.05) is 27.7 Å². The normalized spacial score (nSPS) is 11.3. The Morgan fingerprint density at radius 1 is 1.21 bits per heavy atom. The van der Waals surface area contributed by atoms with Crippen LogP contribution in [0.5, 0.6) is 0 Å². The summed E-state index contributed by atoms with van der Waals surface area (Å²) in [5.41, 5.74) is -0.574. The minimum absolute atomic E-state index is 0.0992. The summed E-state index contributed by atoms with van der Waals surface area (Å²) >= 11 is 0. The van der Waals surface area contributed by atoms with Crippen molar-refractivity contribution in [2.75, 3.05) is 25.5 Å². The maximum Gasteiger partial charge on any atom is 0.246 e. The number of hydroxylamine groups is 4. The lowest BCUT2D eigenvalue weighted by Gasteiger charge is -2.30. The Hall–Kier alpha value is -2.52. The van der Waals surface area contributed by atoms with Crippen LogP contribution >= 0.6 is 0 Å². The van der Waals surface area contributed by atoms with Gasteiger partial charge in [-0.25, -0.2) is 15.1 Å². The first-order chi connectivity index (χ1) is 13.5. The average Bonchev–Trinajstić information content (AvgIpc) is 2.63. The maximum absolute atomic E-state index is 12.4. The molecule has 0 aliphatic carbocycles. The van der Waals surface area contributed by atoms with Gasteiger partial charge in [0, 0.05) is 25.5 Å². The lowest BCUT2D eigenvalue weighted by Crippen LogP contribution is -2.40. The molecule has 9 heteroatoms. The van der Waals surface area contributed by atoms with Crippen molar-refractivity contribution >= 4 is 23.5 Å². The van der Waals surface area contributed by atoms with Crippen LogP contribution in [0.4, 0.5) is 5.82 Å². The zero-order chi connectivity index (χ0) is 22.0. The molecule has 0 bridgehead atoms. The van der Waals surface area contributed by atoms with Crippen LogP contribution in [0.1, 0.15) is 47.0 Å². The van der Waals surface area contributed by atoms with E-state index in [-0.39, 0.29) is 44.2 Å². The van der Waals surface area contributed by atoms with Gasteiger partial charge in [0.05, 0.1) is 20.2 Å². The molecule has 1 aromatic rings. The number of hydrogen-bond donors (Lipinski definition) is 2. The summed E-state index contributed by atoms with van der Waals surface area (Å²) in [6.07, 6.45) is 1.51. The molecule has 1 rings (SSSR count). The van der Waals surface area contributed by atoms with Gasteiger partial charge in [0.2, 0.25) is 17.7 Å². The Morgan fingerprint density at radius 2 is 1.86 bits per heavy atom. The van der Waals surface area contributed by atoms with Gasteiger partial charge in [-0.15, -0.1) is 0 Å². The molecule has 0 unspecified atom stereocenters. The molecule has 162 valence electrons. The second-order valence-electron chi connectivity index (χ2n) is 8.09. The van der Waals surface area contributed by atoms with Crippen LogP contribution in [0.3, 0.4) is 0 Å². The summed E-state index contributed by atoms with van der Waals surface area (Å²) in [5, 5.41) is 14.2. The monoisotopic (exact) mass is 408 g/mol. The van der Waals surface area contributed by atoms with Crippen molar-refractivity contribution in [3.63, 3.8) is 0 Å². The Bertz CT molecular complexity index is 679. The summed E-state index contributed by atoms with van der Waals surface area (Å²) in [6, 6.07) is 5.22. The van der Waals surface area contributed by atoms with Gasteiger partial charge in [0.1, 0.15) is 5.82 Å². The van der Waals surface area contributed by atoms with Crippen LogP contribution in [-0.2, 0) is 19.2 Å². The molecule has 2 N–H and O–H groups in total. The van der Waals surface area contributed by atoms with E-state index in [0.29, 0.717) is 10.9 Å². The van der Waals surface area contributed by atoms with Gasteiger partial charge in [-0.1, -0.05) is 33.8 Å². The van der Waals surface area contributed by atoms with Crippen LogP contribution in [0.2, 0.25) is 0 Å². The smallest absolute Gasteiger partial charge is 0.246 e. The summed E-state index contributed by atoms with van der Waals surface area (Å²) in [5.74, 6) is -0.555. The maximum atomic E-state index is 12.4. The van der Waals surface area contributed by atoms with Crippen molar-refractivity contribution < 1.29 is 24.4 Å². The summed E-state index contributed by atoms with van der Waals surface area (Å²) < 4.78 is 0. The molecule has 0 spiro atoms. The topological polar surface area (TPSA) is 112 Å². The fourth-order valence-corrected chi connectivity index (χ4v) is 2.67. The van der Waals surface area contributed by atoms with E-state index >= 15 is 0 Å². The van der Waals surface area contributed by atoms with Gasteiger partial charge in [0.25, 0.3) is 0 Å². The van der Waals surface area contributed by atoms with Gasteiger partial charge < -0.3 is 5.32 Å². The van der Waals surface area contributed by atoms with Crippen LogP contribution in [-0.4, -0.2) is 58.2 Å². The lowest BCUT2D eigenvalue weighted by atomic mass is 9.88. The predicted octanol–water partition coefficient (Wildman–Crippen LogP) is 2.48. The summed E-state index contributed by atoms with van der Waals surface area (Å²) in [4.78, 5) is 45.8. The standard InChI is InChI=1S/C20H32N4O5/c1-15(2)13-23(28)18(26)9-10-19(27)24(29-5)14-20(3,4)12-17(25)22-16-8-6-7-11-21-16/h6-8,11,15,28H,9-10,12-14H2,1-5H3,(H,21,22,25). The second-order valence-corrected chi connectivity index (χ2v) is 8.09. The summed E-state index contributed by atoms with van der Waals surface area (Å²) in [6.45, 7) is 7.81. The number of anilines is 1. The third-order valence-electron chi connectivity index (χ3n) is 4.02. The molecule has 0 aromatic carbocycles. The number of aromatic nitrogens is 1. The molecule has 0 atom stereocenters. The second kappa shape index (κ2) is 11.5. The minimum Gasteiger partial charge on any atom is -0.311 e. The fourth-order valence-electron chi connectivity index (χ4n) is 2.67. The number of nitrogens with zero attached hydrogens (tertiary/aromatic N) is 3. The molecular weight excluding hydrogens is 376 g/mol. The Kier molecular flexibility index (Phi) is 9.70. The van der Waals surface area contributed by atoms with Crippen LogP contribution in [0, 0.1) is 11.3 Å². The highest BCUT2D eigenvalue weighted by Crippen LogP contribution is 2.23. The number of carbonyl (C=O) groups is 3. The van der Waals surface area contributed by atoms with E-state index in [1.54, 1.807) is 24.4 Å². The Balaban J connectivity index is 2.55. The minimum atomic E-state index is -0.574. The molecule has 1 heterocycles. The molecule has 29 heavy (non-hydrogen) atoms. The van der Waals surface area contributed by atoms with Crippen molar-refractivity contribution in [1.82, 2.24) is 15.1 Å². The highest BCUT2D eigenvalue weighted by molar-refractivity contribution is 5.90. The van der Waals surface area contributed by atoms with Crippen molar-refractivity contribution in [3.05, 3.63) is 24.4 Å². The molecule has 0 aliphatic rings. The van der Waals surface area contributed by atoms with Crippen molar-refractivity contribution in [3.8, 4) is 0 Å². The van der Waals surface area contributed by atoms with Crippen LogP contribution in [0.15, 0.2) is 24.4 Å². The van der Waals surface area contributed by atoms with Crippen LogP contribution < -0.4 is 5.32 Å². The van der Waals surface area contributed by atoms with Gasteiger partial charge >= 0.3 is 0 Å². The van der Waals surface area contributed by atoms with Crippen molar-refractivity contribution in [2.45, 2.75) is 47.0 Å². The van der Waals surface area contributed by atoms with E-state index < -0.39 is 17.2 Å². The zero-order valence-corrected chi connectivity index (χ0v) is 17.8. The fraction of sp³-hybridized carbons (Fsp3) is 0.600.